The van der Waals surface area contributed by atoms with Crippen molar-refractivity contribution >= 4 is 5.97 Å². The maximum absolute atomic E-state index is 11.1. The van der Waals surface area contributed by atoms with Crippen molar-refractivity contribution in [3.8, 4) is 11.5 Å². The fourth-order valence-electron chi connectivity index (χ4n) is 2.08. The second-order valence-corrected chi connectivity index (χ2v) is 4.43. The average Bonchev–Trinajstić information content (AvgIpc) is 2.38. The van der Waals surface area contributed by atoms with E-state index in [4.69, 9.17) is 5.11 Å². The molecule has 0 aliphatic heterocycles. The second-order valence-electron chi connectivity index (χ2n) is 4.43. The number of carboxylic acids is 1. The lowest BCUT2D eigenvalue weighted by Crippen LogP contribution is -2.08. The number of hydrogen-bond donors (Lipinski definition) is 4. The highest BCUT2D eigenvalue weighted by Gasteiger charge is 2.19. The third-order valence-corrected chi connectivity index (χ3v) is 3.00. The molecule has 0 heterocycles. The summed E-state index contributed by atoms with van der Waals surface area (Å²) in [6.07, 6.45) is -0.941. The van der Waals surface area contributed by atoms with Gasteiger partial charge in [-0.15, -0.1) is 0 Å². The van der Waals surface area contributed by atoms with Gasteiger partial charge in [-0.05, 0) is 17.2 Å². The zero-order chi connectivity index (χ0) is 14.7. The van der Waals surface area contributed by atoms with E-state index in [9.17, 15) is 20.1 Å². The van der Waals surface area contributed by atoms with Crippen molar-refractivity contribution in [2.24, 2.45) is 0 Å². The molecule has 5 nitrogen and oxygen atoms in total. The van der Waals surface area contributed by atoms with Crippen LogP contribution in [0.3, 0.4) is 0 Å². The van der Waals surface area contributed by atoms with Crippen molar-refractivity contribution in [1.82, 2.24) is 0 Å². The van der Waals surface area contributed by atoms with E-state index in [0.717, 1.165) is 6.07 Å². The Morgan fingerprint density at radius 2 is 1.75 bits per heavy atom. The molecular formula is C15H14O5. The van der Waals surface area contributed by atoms with Crippen molar-refractivity contribution in [2.45, 2.75) is 12.5 Å². The summed E-state index contributed by atoms with van der Waals surface area (Å²) in [7, 11) is 0. The number of aromatic hydroxyl groups is 2. The van der Waals surface area contributed by atoms with Crippen LogP contribution in [0.15, 0.2) is 42.5 Å². The monoisotopic (exact) mass is 274 g/mol. The molecule has 0 spiro atoms. The van der Waals surface area contributed by atoms with Gasteiger partial charge in [-0.1, -0.05) is 30.3 Å². The summed E-state index contributed by atoms with van der Waals surface area (Å²) in [6.45, 7) is 0. The predicted molar refractivity (Wildman–Crippen MR) is 71.8 cm³/mol. The molecule has 0 amide bonds. The first-order valence-corrected chi connectivity index (χ1v) is 6.00. The van der Waals surface area contributed by atoms with Crippen LogP contribution in [0.25, 0.3) is 0 Å². The number of phenols is 2. The molecule has 0 unspecified atom stereocenters. The molecule has 0 fully saturated rings. The normalized spacial score (nSPS) is 12.1. The van der Waals surface area contributed by atoms with Crippen LogP contribution in [0.1, 0.15) is 27.6 Å². The highest BCUT2D eigenvalue weighted by atomic mass is 16.4. The Bertz CT molecular complexity index is 622. The molecular weight excluding hydrogens is 260 g/mol. The molecule has 0 bridgehead atoms. The molecule has 20 heavy (non-hydrogen) atoms. The van der Waals surface area contributed by atoms with E-state index in [2.05, 4.69) is 0 Å². The Balaban J connectivity index is 2.36. The molecule has 104 valence electrons. The van der Waals surface area contributed by atoms with Gasteiger partial charge in [-0.25, -0.2) is 4.79 Å². The van der Waals surface area contributed by atoms with Crippen molar-refractivity contribution < 1.29 is 25.2 Å². The third-order valence-electron chi connectivity index (χ3n) is 3.00. The molecule has 1 atom stereocenters. The molecule has 5 heteroatoms. The Morgan fingerprint density at radius 1 is 1.10 bits per heavy atom. The number of aliphatic hydroxyl groups excluding tert-OH is 1. The highest BCUT2D eigenvalue weighted by Crippen LogP contribution is 2.30. The van der Waals surface area contributed by atoms with Gasteiger partial charge in [0.25, 0.3) is 0 Å². The van der Waals surface area contributed by atoms with Crippen LogP contribution in [-0.4, -0.2) is 26.4 Å². The molecule has 0 saturated carbocycles. The molecule has 4 N–H and O–H groups in total. The largest absolute Gasteiger partial charge is 0.508 e. The van der Waals surface area contributed by atoms with E-state index < -0.39 is 17.8 Å². The van der Waals surface area contributed by atoms with E-state index in [0.29, 0.717) is 5.56 Å². The van der Waals surface area contributed by atoms with Crippen molar-refractivity contribution in [2.75, 3.05) is 0 Å². The van der Waals surface area contributed by atoms with E-state index in [1.54, 1.807) is 30.3 Å². The maximum Gasteiger partial charge on any atom is 0.339 e. The highest BCUT2D eigenvalue weighted by molar-refractivity contribution is 5.92. The first-order chi connectivity index (χ1) is 9.49. The summed E-state index contributed by atoms with van der Waals surface area (Å²) < 4.78 is 0. The van der Waals surface area contributed by atoms with Crippen molar-refractivity contribution in [1.29, 1.82) is 0 Å². The summed E-state index contributed by atoms with van der Waals surface area (Å²) in [5.74, 6) is -2.08. The molecule has 0 radical (unpaired) electrons. The fourth-order valence-corrected chi connectivity index (χ4v) is 2.08. The SMILES string of the molecule is O=C(O)c1c(O)cc(O)cc1C[C@H](O)c1ccccc1. The van der Waals surface area contributed by atoms with Gasteiger partial charge >= 0.3 is 5.97 Å². The number of rotatable bonds is 4. The van der Waals surface area contributed by atoms with E-state index in [-0.39, 0.29) is 23.3 Å². The number of aromatic carboxylic acids is 1. The predicted octanol–water partition coefficient (Wildman–Crippen LogP) is 2.07. The minimum Gasteiger partial charge on any atom is -0.508 e. The van der Waals surface area contributed by atoms with Crippen LogP contribution >= 0.6 is 0 Å². The summed E-state index contributed by atoms with van der Waals surface area (Å²) in [5.41, 5.74) is 0.496. The lowest BCUT2D eigenvalue weighted by molar-refractivity contribution is 0.0691. The third kappa shape index (κ3) is 2.89. The Kier molecular flexibility index (Phi) is 3.91. The van der Waals surface area contributed by atoms with Crippen molar-refractivity contribution in [3.63, 3.8) is 0 Å². The standard InChI is InChI=1S/C15H14O5/c16-11-6-10(14(15(19)20)13(18)8-11)7-12(17)9-4-2-1-3-5-9/h1-6,8,12,16-18H,7H2,(H,19,20)/t12-/m0/s1. The van der Waals surface area contributed by atoms with Gasteiger partial charge in [-0.2, -0.15) is 0 Å². The van der Waals surface area contributed by atoms with Crippen LogP contribution in [0, 0.1) is 0 Å². The molecule has 2 aromatic rings. The lowest BCUT2D eigenvalue weighted by Gasteiger charge is -2.14. The van der Waals surface area contributed by atoms with Crippen LogP contribution in [0.5, 0.6) is 11.5 Å². The molecule has 0 aliphatic rings. The molecule has 0 saturated heterocycles. The van der Waals surface area contributed by atoms with Gasteiger partial charge in [0.2, 0.25) is 0 Å². The summed E-state index contributed by atoms with van der Waals surface area (Å²) in [5, 5.41) is 38.3. The maximum atomic E-state index is 11.1. The van der Waals surface area contributed by atoms with Gasteiger partial charge < -0.3 is 20.4 Å². The first-order valence-electron chi connectivity index (χ1n) is 6.00. The van der Waals surface area contributed by atoms with Crippen LogP contribution in [-0.2, 0) is 6.42 Å². The molecule has 0 aromatic heterocycles. The van der Waals surface area contributed by atoms with Crippen LogP contribution < -0.4 is 0 Å². The Morgan fingerprint density at radius 3 is 2.35 bits per heavy atom. The van der Waals surface area contributed by atoms with Crippen LogP contribution in [0.2, 0.25) is 0 Å². The van der Waals surface area contributed by atoms with Gasteiger partial charge in [0.05, 0.1) is 6.10 Å². The fraction of sp³-hybridized carbons (Fsp3) is 0.133. The van der Waals surface area contributed by atoms with E-state index in [1.165, 1.54) is 6.07 Å². The minimum atomic E-state index is -1.31. The van der Waals surface area contributed by atoms with Gasteiger partial charge in [0, 0.05) is 12.5 Å². The first kappa shape index (κ1) is 13.9. The van der Waals surface area contributed by atoms with Gasteiger partial charge in [-0.3, -0.25) is 0 Å². The van der Waals surface area contributed by atoms with Gasteiger partial charge in [0.15, 0.2) is 0 Å². The summed E-state index contributed by atoms with van der Waals surface area (Å²) in [4.78, 5) is 11.1. The number of hydrogen-bond acceptors (Lipinski definition) is 4. The quantitative estimate of drug-likeness (QED) is 0.684. The average molecular weight is 274 g/mol. The van der Waals surface area contributed by atoms with Gasteiger partial charge in [0.1, 0.15) is 17.1 Å². The molecule has 2 aromatic carbocycles. The number of carboxylic acid groups (broad SMARTS) is 1. The van der Waals surface area contributed by atoms with E-state index >= 15 is 0 Å². The second kappa shape index (κ2) is 5.63. The minimum absolute atomic E-state index is 0.0202. The summed E-state index contributed by atoms with van der Waals surface area (Å²) in [6, 6.07) is 10.9. The molecule has 2 rings (SSSR count). The smallest absolute Gasteiger partial charge is 0.339 e. The summed E-state index contributed by atoms with van der Waals surface area (Å²) >= 11 is 0. The topological polar surface area (TPSA) is 98.0 Å². The number of benzene rings is 2. The number of carbonyl (C=O) groups is 1. The van der Waals surface area contributed by atoms with Crippen molar-refractivity contribution in [3.05, 3.63) is 59.2 Å². The number of aliphatic hydroxyl groups is 1. The number of phenolic OH excluding ortho intramolecular Hbond substituents is 1. The Hall–Kier alpha value is -2.53. The zero-order valence-corrected chi connectivity index (χ0v) is 10.5. The van der Waals surface area contributed by atoms with E-state index in [1.807, 2.05) is 0 Å². The molecule has 0 aliphatic carbocycles. The van der Waals surface area contributed by atoms with Crippen LogP contribution in [0.4, 0.5) is 0 Å². The Labute approximate surface area is 115 Å². The lowest BCUT2D eigenvalue weighted by atomic mass is 9.96. The zero-order valence-electron chi connectivity index (χ0n) is 10.5.